The zero-order valence-corrected chi connectivity index (χ0v) is 14.2. The molecule has 2 aliphatic heterocycles. The van der Waals surface area contributed by atoms with Crippen LogP contribution in [0, 0.1) is 5.92 Å². The van der Waals surface area contributed by atoms with Gasteiger partial charge in [-0.15, -0.1) is 0 Å². The van der Waals surface area contributed by atoms with Gasteiger partial charge in [0.05, 0.1) is 24.5 Å². The highest BCUT2D eigenvalue weighted by atomic mass is 35.5. The number of nitrogens with zero attached hydrogens (tertiary/aromatic N) is 4. The lowest BCUT2D eigenvalue weighted by molar-refractivity contribution is -0.137. The van der Waals surface area contributed by atoms with Gasteiger partial charge in [-0.3, -0.25) is 0 Å². The van der Waals surface area contributed by atoms with E-state index in [2.05, 4.69) is 15.0 Å². The molecule has 3 heterocycles. The summed E-state index contributed by atoms with van der Waals surface area (Å²) >= 11 is 6.27. The van der Waals surface area contributed by atoms with Crippen molar-refractivity contribution >= 4 is 29.1 Å². The number of halogens is 4. The van der Waals surface area contributed by atoms with E-state index in [0.717, 1.165) is 12.3 Å². The van der Waals surface area contributed by atoms with E-state index < -0.39 is 23.2 Å². The Morgan fingerprint density at radius 1 is 1.32 bits per heavy atom. The molecule has 25 heavy (non-hydrogen) atoms. The number of anilines is 1. The Morgan fingerprint density at radius 3 is 2.64 bits per heavy atom. The number of hydrogen-bond acceptors (Lipinski definition) is 6. The molecule has 1 fully saturated rings. The van der Waals surface area contributed by atoms with Gasteiger partial charge in [0.2, 0.25) is 5.96 Å². The van der Waals surface area contributed by atoms with Crippen LogP contribution in [0.1, 0.15) is 18.1 Å². The van der Waals surface area contributed by atoms with Crippen LogP contribution in [-0.2, 0) is 10.9 Å². The van der Waals surface area contributed by atoms with Crippen molar-refractivity contribution < 1.29 is 17.9 Å². The van der Waals surface area contributed by atoms with Crippen LogP contribution in [-0.4, -0.2) is 53.4 Å². The minimum atomic E-state index is -4.58. The molecule has 2 N–H and O–H groups in total. The van der Waals surface area contributed by atoms with Crippen LogP contribution in [0.3, 0.4) is 0 Å². The second-order valence-corrected chi connectivity index (χ2v) is 6.29. The molecule has 0 amide bonds. The largest absolute Gasteiger partial charge is 0.417 e. The second kappa shape index (κ2) is 6.80. The van der Waals surface area contributed by atoms with Crippen molar-refractivity contribution in [1.82, 2.24) is 9.88 Å². The third kappa shape index (κ3) is 3.72. The molecule has 0 saturated carbocycles. The van der Waals surface area contributed by atoms with E-state index in [1.54, 1.807) is 6.92 Å². The molecule has 0 bridgehead atoms. The minimum Gasteiger partial charge on any atom is -0.384 e. The van der Waals surface area contributed by atoms with Crippen LogP contribution in [0.2, 0.25) is 0 Å². The monoisotopic (exact) mass is 375 g/mol. The number of aliphatic imine (C=N–C) groups is 2. The van der Waals surface area contributed by atoms with E-state index >= 15 is 0 Å². The van der Waals surface area contributed by atoms with Gasteiger partial charge in [0.15, 0.2) is 0 Å². The fourth-order valence-electron chi connectivity index (χ4n) is 2.72. The highest BCUT2D eigenvalue weighted by Crippen LogP contribution is 2.35. The molecule has 1 aromatic heterocycles. The summed E-state index contributed by atoms with van der Waals surface area (Å²) in [6, 6.07) is 0.813. The Kier molecular flexibility index (Phi) is 4.88. The van der Waals surface area contributed by atoms with Gasteiger partial charge in [-0.25, -0.2) is 15.0 Å². The first-order valence-corrected chi connectivity index (χ1v) is 8.17. The number of alkyl halides is 4. The van der Waals surface area contributed by atoms with Crippen LogP contribution in [0.15, 0.2) is 22.2 Å². The van der Waals surface area contributed by atoms with Crippen LogP contribution in [0.4, 0.5) is 19.0 Å². The first kappa shape index (κ1) is 17.9. The smallest absolute Gasteiger partial charge is 0.384 e. The van der Waals surface area contributed by atoms with Gasteiger partial charge in [0, 0.05) is 30.8 Å². The molecular weight excluding hydrogens is 359 g/mol. The Balaban J connectivity index is 2.05. The highest BCUT2D eigenvalue weighted by Gasteiger charge is 2.38. The molecule has 2 atom stereocenters. The van der Waals surface area contributed by atoms with Crippen LogP contribution in [0.5, 0.6) is 0 Å². The second-order valence-electron chi connectivity index (χ2n) is 5.84. The number of morpholine rings is 1. The van der Waals surface area contributed by atoms with Gasteiger partial charge in [0.25, 0.3) is 0 Å². The zero-order valence-electron chi connectivity index (χ0n) is 13.4. The van der Waals surface area contributed by atoms with Crippen molar-refractivity contribution in [3.8, 4) is 0 Å². The fraction of sp³-hybridized carbons (Fsp3) is 0.533. The molecule has 0 aliphatic carbocycles. The third-order valence-electron chi connectivity index (χ3n) is 4.10. The van der Waals surface area contributed by atoms with Crippen LogP contribution >= 0.6 is 11.6 Å². The summed E-state index contributed by atoms with van der Waals surface area (Å²) < 4.78 is 45.6. The van der Waals surface area contributed by atoms with Gasteiger partial charge in [0.1, 0.15) is 11.3 Å². The Morgan fingerprint density at radius 2 is 2.00 bits per heavy atom. The van der Waals surface area contributed by atoms with Crippen LogP contribution < -0.4 is 5.73 Å². The van der Waals surface area contributed by atoms with E-state index in [0.29, 0.717) is 32.3 Å². The molecule has 6 nitrogen and oxygen atoms in total. The molecular formula is C15H17ClF3N5O. The van der Waals surface area contributed by atoms with E-state index in [-0.39, 0.29) is 17.1 Å². The number of pyridine rings is 1. The molecule has 136 valence electrons. The molecule has 1 saturated heterocycles. The van der Waals surface area contributed by atoms with Gasteiger partial charge in [-0.05, 0) is 6.07 Å². The molecule has 2 aliphatic rings. The number of hydrogen-bond donors (Lipinski definition) is 1. The number of ether oxygens (including phenoxy) is 1. The lowest BCUT2D eigenvalue weighted by atomic mass is 9.94. The van der Waals surface area contributed by atoms with Crippen molar-refractivity contribution in [1.29, 1.82) is 0 Å². The predicted octanol–water partition coefficient (Wildman–Crippen LogP) is 2.37. The SMILES string of the molecule is CC1C(c2cnc(N)cc2C(F)(F)F)=NC(N2CCOCC2)=NC1Cl. The molecule has 3 rings (SSSR count). The number of nitrogens with two attached hydrogens (primary N) is 1. The van der Waals surface area contributed by atoms with Gasteiger partial charge < -0.3 is 15.4 Å². The van der Waals surface area contributed by atoms with E-state index in [4.69, 9.17) is 22.1 Å². The number of nitrogen functional groups attached to an aromatic ring is 1. The van der Waals surface area contributed by atoms with Crippen molar-refractivity contribution in [3.05, 3.63) is 23.4 Å². The van der Waals surface area contributed by atoms with Crippen molar-refractivity contribution in [3.63, 3.8) is 0 Å². The third-order valence-corrected chi connectivity index (χ3v) is 4.58. The van der Waals surface area contributed by atoms with Gasteiger partial charge in [-0.2, -0.15) is 13.2 Å². The van der Waals surface area contributed by atoms with Gasteiger partial charge >= 0.3 is 6.18 Å². The van der Waals surface area contributed by atoms with E-state index in [1.807, 2.05) is 4.90 Å². The Bertz CT molecular complexity index is 716. The summed E-state index contributed by atoms with van der Waals surface area (Å²) in [4.78, 5) is 14.3. The molecule has 10 heteroatoms. The molecule has 0 spiro atoms. The quantitative estimate of drug-likeness (QED) is 0.604. The van der Waals surface area contributed by atoms with E-state index in [1.165, 1.54) is 0 Å². The maximum absolute atomic E-state index is 13.4. The first-order valence-electron chi connectivity index (χ1n) is 7.73. The zero-order chi connectivity index (χ0) is 18.2. The Hall–Kier alpha value is -1.87. The maximum atomic E-state index is 13.4. The molecule has 1 aromatic rings. The summed E-state index contributed by atoms with van der Waals surface area (Å²) in [5.41, 5.74) is 3.92. The first-order chi connectivity index (χ1) is 11.8. The molecule has 0 radical (unpaired) electrons. The van der Waals surface area contributed by atoms with Crippen LogP contribution in [0.25, 0.3) is 0 Å². The lowest BCUT2D eigenvalue weighted by Gasteiger charge is -2.32. The topological polar surface area (TPSA) is 76.1 Å². The number of rotatable bonds is 1. The summed E-state index contributed by atoms with van der Waals surface area (Å²) in [6.07, 6.45) is -3.48. The molecule has 2 unspecified atom stereocenters. The standard InChI is InChI=1S/C15H17ClF3N5O/c1-8-12(9-7-21-11(20)6-10(9)15(17,18)19)22-14(23-13(8)16)24-2-4-25-5-3-24/h6-8,13H,2-5H2,1H3,(H2,20,21). The summed E-state index contributed by atoms with van der Waals surface area (Å²) in [7, 11) is 0. The van der Waals surface area contributed by atoms with Crippen molar-refractivity contribution in [2.75, 3.05) is 32.0 Å². The normalized spacial score (nSPS) is 24.8. The number of guanidine groups is 1. The predicted molar refractivity (Wildman–Crippen MR) is 88.8 cm³/mol. The average Bonchev–Trinajstić information content (AvgIpc) is 2.57. The fourth-order valence-corrected chi connectivity index (χ4v) is 2.93. The molecule has 0 aromatic carbocycles. The minimum absolute atomic E-state index is 0.125. The summed E-state index contributed by atoms with van der Waals surface area (Å²) in [6.45, 7) is 3.80. The maximum Gasteiger partial charge on any atom is 0.417 e. The Labute approximate surface area is 147 Å². The summed E-state index contributed by atoms with van der Waals surface area (Å²) in [5.74, 6) is -0.385. The van der Waals surface area contributed by atoms with Crippen molar-refractivity contribution in [2.24, 2.45) is 15.9 Å². The average molecular weight is 376 g/mol. The highest BCUT2D eigenvalue weighted by molar-refractivity contribution is 6.25. The number of aromatic nitrogens is 1. The lowest BCUT2D eigenvalue weighted by Crippen LogP contribution is -2.43. The van der Waals surface area contributed by atoms with E-state index in [9.17, 15) is 13.2 Å². The van der Waals surface area contributed by atoms with Crippen molar-refractivity contribution in [2.45, 2.75) is 18.6 Å². The van der Waals surface area contributed by atoms with Gasteiger partial charge in [-0.1, -0.05) is 18.5 Å². The summed E-state index contributed by atoms with van der Waals surface area (Å²) in [5, 5.41) is 0.